The largest absolute Gasteiger partial charge is 0.361 e. The van der Waals surface area contributed by atoms with E-state index in [9.17, 15) is 4.79 Å². The number of nitrogens with two attached hydrogens (primary N) is 1. The first-order chi connectivity index (χ1) is 11.9. The number of likely N-dealkylation sites (tertiary alicyclic amines) is 1. The van der Waals surface area contributed by atoms with Crippen molar-refractivity contribution in [3.05, 3.63) is 46.8 Å². The number of benzene rings is 1. The molecule has 0 radical (unpaired) electrons. The summed E-state index contributed by atoms with van der Waals surface area (Å²) in [5, 5.41) is 4.00. The molecule has 0 bridgehead atoms. The van der Waals surface area contributed by atoms with E-state index in [-0.39, 0.29) is 11.3 Å². The van der Waals surface area contributed by atoms with Crippen molar-refractivity contribution in [3.63, 3.8) is 0 Å². The van der Waals surface area contributed by atoms with E-state index in [0.717, 1.165) is 52.7 Å². The van der Waals surface area contributed by atoms with Gasteiger partial charge in [-0.15, -0.1) is 11.8 Å². The van der Waals surface area contributed by atoms with E-state index in [2.05, 4.69) is 12.1 Å². The number of hydrogen-bond acceptors (Lipinski definition) is 5. The van der Waals surface area contributed by atoms with Crippen LogP contribution >= 0.6 is 11.8 Å². The Labute approximate surface area is 152 Å². The van der Waals surface area contributed by atoms with Crippen LogP contribution in [-0.2, 0) is 5.75 Å². The van der Waals surface area contributed by atoms with E-state index >= 15 is 0 Å². The second-order valence-corrected chi connectivity index (χ2v) is 8.10. The highest BCUT2D eigenvalue weighted by molar-refractivity contribution is 7.98. The van der Waals surface area contributed by atoms with Gasteiger partial charge >= 0.3 is 0 Å². The molecule has 1 aromatic carbocycles. The summed E-state index contributed by atoms with van der Waals surface area (Å²) in [6, 6.07) is 7.82. The average molecular weight is 359 g/mol. The third-order valence-electron chi connectivity index (χ3n) is 5.01. The maximum Gasteiger partial charge on any atom is 0.255 e. The van der Waals surface area contributed by atoms with Gasteiger partial charge in [-0.3, -0.25) is 4.79 Å². The highest BCUT2D eigenvalue weighted by Crippen LogP contribution is 2.33. The van der Waals surface area contributed by atoms with Crippen molar-refractivity contribution in [2.24, 2.45) is 11.1 Å². The summed E-state index contributed by atoms with van der Waals surface area (Å²) in [6.07, 6.45) is 0.962. The minimum atomic E-state index is 0.0361. The monoisotopic (exact) mass is 359 g/mol. The number of aromatic nitrogens is 1. The second-order valence-electron chi connectivity index (χ2n) is 7.08. The molecule has 1 unspecified atom stereocenters. The predicted molar refractivity (Wildman–Crippen MR) is 99.7 cm³/mol. The molecule has 5 nitrogen and oxygen atoms in total. The van der Waals surface area contributed by atoms with Gasteiger partial charge in [0.2, 0.25) is 0 Å². The third-order valence-corrected chi connectivity index (χ3v) is 6.11. The smallest absolute Gasteiger partial charge is 0.255 e. The standard InChI is InChI=1S/C19H25N3O2S/c1-13-16(14(2)24-21-13)10-25-17-7-5-4-6-15(17)18(23)22-9-8-19(3,11-20)12-22/h4-7H,8-12,20H2,1-3H3. The molecule has 2 N–H and O–H groups in total. The summed E-state index contributed by atoms with van der Waals surface area (Å²) in [7, 11) is 0. The van der Waals surface area contributed by atoms with Crippen LogP contribution in [-0.4, -0.2) is 35.6 Å². The van der Waals surface area contributed by atoms with Crippen molar-refractivity contribution < 1.29 is 9.32 Å². The molecule has 1 fully saturated rings. The van der Waals surface area contributed by atoms with Crippen molar-refractivity contribution >= 4 is 17.7 Å². The molecule has 0 spiro atoms. The normalized spacial score (nSPS) is 20.2. The van der Waals surface area contributed by atoms with Crippen molar-refractivity contribution in [3.8, 4) is 0 Å². The number of thioether (sulfide) groups is 1. The number of amides is 1. The second kappa shape index (κ2) is 7.22. The Bertz CT molecular complexity index is 754. The zero-order valence-electron chi connectivity index (χ0n) is 15.0. The van der Waals surface area contributed by atoms with Gasteiger partial charge in [0, 0.05) is 29.3 Å². The average Bonchev–Trinajstić information content (AvgIpc) is 3.16. The van der Waals surface area contributed by atoms with Crippen molar-refractivity contribution in [1.29, 1.82) is 0 Å². The van der Waals surface area contributed by atoms with Gasteiger partial charge in [0.25, 0.3) is 5.91 Å². The van der Waals surface area contributed by atoms with Crippen LogP contribution in [0.4, 0.5) is 0 Å². The SMILES string of the molecule is Cc1noc(C)c1CSc1ccccc1C(=O)N1CCC(C)(CN)C1. The van der Waals surface area contributed by atoms with Crippen molar-refractivity contribution in [2.45, 2.75) is 37.8 Å². The molecule has 3 rings (SSSR count). The molecule has 25 heavy (non-hydrogen) atoms. The molecule has 1 aliphatic rings. The number of aryl methyl sites for hydroxylation is 2. The molecule has 0 aliphatic carbocycles. The van der Waals surface area contributed by atoms with Gasteiger partial charge in [0.15, 0.2) is 0 Å². The molecule has 2 heterocycles. The van der Waals surface area contributed by atoms with Gasteiger partial charge in [-0.05, 0) is 44.4 Å². The van der Waals surface area contributed by atoms with E-state index in [4.69, 9.17) is 10.3 Å². The molecular formula is C19H25N3O2S. The summed E-state index contributed by atoms with van der Waals surface area (Å²) in [6.45, 7) is 8.13. The van der Waals surface area contributed by atoms with E-state index < -0.39 is 0 Å². The lowest BCUT2D eigenvalue weighted by Gasteiger charge is -2.23. The van der Waals surface area contributed by atoms with Gasteiger partial charge in [-0.2, -0.15) is 0 Å². The van der Waals surface area contributed by atoms with Crippen LogP contribution < -0.4 is 5.73 Å². The van der Waals surface area contributed by atoms with E-state index in [1.807, 2.05) is 43.0 Å². The first kappa shape index (κ1) is 18.0. The fraction of sp³-hybridized carbons (Fsp3) is 0.474. The number of carbonyl (C=O) groups is 1. The Morgan fingerprint density at radius 2 is 2.16 bits per heavy atom. The van der Waals surface area contributed by atoms with E-state index in [1.165, 1.54) is 0 Å². The van der Waals surface area contributed by atoms with Crippen LogP contribution in [0.15, 0.2) is 33.7 Å². The molecular weight excluding hydrogens is 334 g/mol. The molecule has 134 valence electrons. The third kappa shape index (κ3) is 3.75. The molecule has 1 aliphatic heterocycles. The lowest BCUT2D eigenvalue weighted by molar-refractivity contribution is 0.0773. The molecule has 6 heteroatoms. The molecule has 2 aromatic rings. The highest BCUT2D eigenvalue weighted by atomic mass is 32.2. The quantitative estimate of drug-likeness (QED) is 0.829. The minimum Gasteiger partial charge on any atom is -0.361 e. The summed E-state index contributed by atoms with van der Waals surface area (Å²) in [4.78, 5) is 15.9. The fourth-order valence-electron chi connectivity index (χ4n) is 3.16. The molecule has 0 saturated carbocycles. The minimum absolute atomic E-state index is 0.0361. The van der Waals surface area contributed by atoms with Crippen LogP contribution in [0.1, 0.15) is 40.7 Å². The first-order valence-electron chi connectivity index (χ1n) is 8.56. The van der Waals surface area contributed by atoms with Crippen molar-refractivity contribution in [1.82, 2.24) is 10.1 Å². The Balaban J connectivity index is 1.76. The van der Waals surface area contributed by atoms with E-state index in [0.29, 0.717) is 6.54 Å². The van der Waals surface area contributed by atoms with Gasteiger partial charge in [-0.1, -0.05) is 24.2 Å². The number of hydrogen-bond donors (Lipinski definition) is 1. The molecule has 1 atom stereocenters. The number of nitrogens with zero attached hydrogens (tertiary/aromatic N) is 2. The zero-order chi connectivity index (χ0) is 18.0. The summed E-state index contributed by atoms with van der Waals surface area (Å²) >= 11 is 1.65. The summed E-state index contributed by atoms with van der Waals surface area (Å²) < 4.78 is 5.23. The Kier molecular flexibility index (Phi) is 5.20. The number of rotatable bonds is 5. The van der Waals surface area contributed by atoms with Gasteiger partial charge in [-0.25, -0.2) is 0 Å². The Morgan fingerprint density at radius 1 is 1.40 bits per heavy atom. The van der Waals surface area contributed by atoms with Crippen LogP contribution in [0.25, 0.3) is 0 Å². The lowest BCUT2D eigenvalue weighted by atomic mass is 9.90. The van der Waals surface area contributed by atoms with Crippen molar-refractivity contribution in [2.75, 3.05) is 19.6 Å². The Morgan fingerprint density at radius 3 is 2.80 bits per heavy atom. The van der Waals surface area contributed by atoms with E-state index in [1.54, 1.807) is 11.8 Å². The predicted octanol–water partition coefficient (Wildman–Crippen LogP) is 3.39. The maximum atomic E-state index is 13.0. The maximum absolute atomic E-state index is 13.0. The van der Waals surface area contributed by atoms with Gasteiger partial charge in [0.05, 0.1) is 11.3 Å². The number of carbonyl (C=O) groups excluding carboxylic acids is 1. The fourth-order valence-corrected chi connectivity index (χ4v) is 4.36. The van der Waals surface area contributed by atoms with Crippen LogP contribution in [0.2, 0.25) is 0 Å². The van der Waals surface area contributed by atoms with Gasteiger partial charge in [0.1, 0.15) is 5.76 Å². The highest BCUT2D eigenvalue weighted by Gasteiger charge is 2.35. The Hall–Kier alpha value is -1.79. The summed E-state index contributed by atoms with van der Waals surface area (Å²) in [5.74, 6) is 1.68. The van der Waals surface area contributed by atoms with Gasteiger partial charge < -0.3 is 15.2 Å². The zero-order valence-corrected chi connectivity index (χ0v) is 15.9. The lowest BCUT2D eigenvalue weighted by Crippen LogP contribution is -2.34. The molecule has 1 amide bonds. The van der Waals surface area contributed by atoms with Crippen LogP contribution in [0.5, 0.6) is 0 Å². The molecule has 1 saturated heterocycles. The molecule has 1 aromatic heterocycles. The summed E-state index contributed by atoms with van der Waals surface area (Å²) in [5.41, 5.74) is 8.68. The van der Waals surface area contributed by atoms with Crippen LogP contribution in [0, 0.1) is 19.3 Å². The topological polar surface area (TPSA) is 72.4 Å². The first-order valence-corrected chi connectivity index (χ1v) is 9.55. The van der Waals surface area contributed by atoms with Crippen LogP contribution in [0.3, 0.4) is 0 Å².